The number of nitrogens with one attached hydrogen (secondary N) is 3. The van der Waals surface area contributed by atoms with Crippen LogP contribution in [0.25, 0.3) is 0 Å². The van der Waals surface area contributed by atoms with Crippen molar-refractivity contribution in [1.82, 2.24) is 5.43 Å². The molecule has 104 valence electrons. The fourth-order valence-corrected chi connectivity index (χ4v) is 2.06. The van der Waals surface area contributed by atoms with Crippen molar-refractivity contribution in [2.24, 2.45) is 0 Å². The molecule has 0 spiro atoms. The normalized spacial score (nSPS) is 9.95. The molecule has 4 nitrogen and oxygen atoms in total. The SMILES string of the molecule is Cc1cccc(NC(=O)NNc2ccc(Cl)cc2Cl)c1. The predicted octanol–water partition coefficient (Wildman–Crippen LogP) is 4.45. The molecule has 3 N–H and O–H groups in total. The summed E-state index contributed by atoms with van der Waals surface area (Å²) in [6, 6.07) is 12.1. The zero-order valence-electron chi connectivity index (χ0n) is 10.7. The number of anilines is 2. The average Bonchev–Trinajstić information content (AvgIpc) is 2.37. The quantitative estimate of drug-likeness (QED) is 0.734. The summed E-state index contributed by atoms with van der Waals surface area (Å²) in [5.74, 6) is 0. The molecule has 0 heterocycles. The Kier molecular flexibility index (Phi) is 4.71. The van der Waals surface area contributed by atoms with Gasteiger partial charge in [-0.05, 0) is 42.8 Å². The van der Waals surface area contributed by atoms with Gasteiger partial charge in [0, 0.05) is 10.7 Å². The van der Waals surface area contributed by atoms with E-state index in [1.807, 2.05) is 31.2 Å². The molecule has 0 aliphatic rings. The van der Waals surface area contributed by atoms with Crippen LogP contribution in [-0.4, -0.2) is 6.03 Å². The maximum atomic E-state index is 11.7. The van der Waals surface area contributed by atoms with Crippen LogP contribution in [0, 0.1) is 6.92 Å². The summed E-state index contributed by atoms with van der Waals surface area (Å²) in [7, 11) is 0. The third kappa shape index (κ3) is 4.05. The fourth-order valence-electron chi connectivity index (χ4n) is 1.60. The maximum absolute atomic E-state index is 11.7. The zero-order valence-corrected chi connectivity index (χ0v) is 12.2. The molecule has 6 heteroatoms. The van der Waals surface area contributed by atoms with Crippen molar-refractivity contribution in [2.75, 3.05) is 10.7 Å². The third-order valence-electron chi connectivity index (χ3n) is 2.52. The summed E-state index contributed by atoms with van der Waals surface area (Å²) >= 11 is 11.8. The third-order valence-corrected chi connectivity index (χ3v) is 3.07. The minimum Gasteiger partial charge on any atom is -0.307 e. The van der Waals surface area contributed by atoms with Crippen molar-refractivity contribution in [1.29, 1.82) is 0 Å². The molecule has 2 rings (SSSR count). The minimum absolute atomic E-state index is 0.387. The van der Waals surface area contributed by atoms with E-state index in [0.717, 1.165) is 5.56 Å². The maximum Gasteiger partial charge on any atom is 0.337 e. The summed E-state index contributed by atoms with van der Waals surface area (Å²) in [4.78, 5) is 11.7. The molecule has 0 aliphatic heterocycles. The van der Waals surface area contributed by atoms with Crippen LogP contribution in [0.4, 0.5) is 16.2 Å². The van der Waals surface area contributed by atoms with Crippen LogP contribution in [0.2, 0.25) is 10.0 Å². The Balaban J connectivity index is 1.92. The molecule has 2 aromatic carbocycles. The van der Waals surface area contributed by atoms with Gasteiger partial charge in [-0.1, -0.05) is 35.3 Å². The van der Waals surface area contributed by atoms with Crippen LogP contribution in [-0.2, 0) is 0 Å². The van der Waals surface area contributed by atoms with Crippen molar-refractivity contribution in [3.05, 3.63) is 58.1 Å². The highest BCUT2D eigenvalue weighted by Crippen LogP contribution is 2.24. The van der Waals surface area contributed by atoms with Crippen LogP contribution in [0.3, 0.4) is 0 Å². The highest BCUT2D eigenvalue weighted by atomic mass is 35.5. The predicted molar refractivity (Wildman–Crippen MR) is 83.4 cm³/mol. The standard InChI is InChI=1S/C14H13Cl2N3O/c1-9-3-2-4-11(7-9)17-14(20)19-18-13-6-5-10(15)8-12(13)16/h2-8,18H,1H3,(H2,17,19,20). The molecule has 0 saturated heterocycles. The van der Waals surface area contributed by atoms with Gasteiger partial charge in [0.05, 0.1) is 10.7 Å². The van der Waals surface area contributed by atoms with Crippen molar-refractivity contribution < 1.29 is 4.79 Å². The summed E-state index contributed by atoms with van der Waals surface area (Å²) < 4.78 is 0. The van der Waals surface area contributed by atoms with Crippen LogP contribution >= 0.6 is 23.2 Å². The van der Waals surface area contributed by atoms with Crippen LogP contribution in [0.5, 0.6) is 0 Å². The first-order valence-corrected chi connectivity index (χ1v) is 6.65. The highest BCUT2D eigenvalue weighted by Gasteiger charge is 2.04. The zero-order chi connectivity index (χ0) is 14.5. The number of benzene rings is 2. The van der Waals surface area contributed by atoms with E-state index in [4.69, 9.17) is 23.2 Å². The Morgan fingerprint density at radius 1 is 1.10 bits per heavy atom. The molecular formula is C14H13Cl2N3O. The number of carbonyl (C=O) groups is 1. The van der Waals surface area contributed by atoms with Gasteiger partial charge in [0.1, 0.15) is 0 Å². The van der Waals surface area contributed by atoms with E-state index >= 15 is 0 Å². The summed E-state index contributed by atoms with van der Waals surface area (Å²) in [5.41, 5.74) is 7.57. The molecule has 0 atom stereocenters. The number of halogens is 2. The van der Waals surface area contributed by atoms with Gasteiger partial charge >= 0.3 is 6.03 Å². The number of hydrazine groups is 1. The lowest BCUT2D eigenvalue weighted by Gasteiger charge is -2.11. The highest BCUT2D eigenvalue weighted by molar-refractivity contribution is 6.36. The first kappa shape index (κ1) is 14.5. The Morgan fingerprint density at radius 3 is 2.60 bits per heavy atom. The van der Waals surface area contributed by atoms with E-state index < -0.39 is 0 Å². The number of amides is 2. The van der Waals surface area contributed by atoms with Crippen molar-refractivity contribution in [2.45, 2.75) is 6.92 Å². The number of urea groups is 1. The van der Waals surface area contributed by atoms with Crippen molar-refractivity contribution >= 4 is 40.6 Å². The fraction of sp³-hybridized carbons (Fsp3) is 0.0714. The Morgan fingerprint density at radius 2 is 1.90 bits per heavy atom. The lowest BCUT2D eigenvalue weighted by Crippen LogP contribution is -2.33. The number of rotatable bonds is 3. The molecule has 0 fully saturated rings. The van der Waals surface area contributed by atoms with Gasteiger partial charge in [-0.2, -0.15) is 0 Å². The molecule has 2 aromatic rings. The van der Waals surface area contributed by atoms with E-state index in [1.54, 1.807) is 18.2 Å². The van der Waals surface area contributed by atoms with Gasteiger partial charge in [-0.15, -0.1) is 0 Å². The van der Waals surface area contributed by atoms with Gasteiger partial charge in [0.15, 0.2) is 0 Å². The summed E-state index contributed by atoms with van der Waals surface area (Å²) in [6.45, 7) is 1.95. The lowest BCUT2D eigenvalue weighted by molar-refractivity contribution is 0.254. The van der Waals surface area contributed by atoms with Gasteiger partial charge in [0.25, 0.3) is 0 Å². The number of hydrogen-bond acceptors (Lipinski definition) is 2. The first-order valence-electron chi connectivity index (χ1n) is 5.89. The smallest absolute Gasteiger partial charge is 0.307 e. The number of hydrogen-bond donors (Lipinski definition) is 3. The monoisotopic (exact) mass is 309 g/mol. The van der Waals surface area contributed by atoms with Crippen molar-refractivity contribution in [3.63, 3.8) is 0 Å². The minimum atomic E-state index is -0.387. The molecule has 0 aliphatic carbocycles. The Hall–Kier alpha value is -1.91. The number of carbonyl (C=O) groups excluding carboxylic acids is 1. The van der Waals surface area contributed by atoms with E-state index in [0.29, 0.717) is 21.4 Å². The number of aryl methyl sites for hydroxylation is 1. The van der Waals surface area contributed by atoms with Gasteiger partial charge in [-0.25, -0.2) is 4.79 Å². The second-order valence-electron chi connectivity index (χ2n) is 4.20. The lowest BCUT2D eigenvalue weighted by atomic mass is 10.2. The van der Waals surface area contributed by atoms with E-state index in [-0.39, 0.29) is 6.03 Å². The van der Waals surface area contributed by atoms with Crippen molar-refractivity contribution in [3.8, 4) is 0 Å². The molecule has 0 radical (unpaired) electrons. The molecular weight excluding hydrogens is 297 g/mol. The van der Waals surface area contributed by atoms with Crippen LogP contribution < -0.4 is 16.2 Å². The summed E-state index contributed by atoms with van der Waals surface area (Å²) in [6.07, 6.45) is 0. The molecule has 0 aromatic heterocycles. The molecule has 0 saturated carbocycles. The van der Waals surface area contributed by atoms with E-state index in [1.165, 1.54) is 0 Å². The molecule has 20 heavy (non-hydrogen) atoms. The van der Waals surface area contributed by atoms with Gasteiger partial charge < -0.3 is 5.32 Å². The first-order chi connectivity index (χ1) is 9.54. The summed E-state index contributed by atoms with van der Waals surface area (Å²) in [5, 5.41) is 3.66. The van der Waals surface area contributed by atoms with Crippen LogP contribution in [0.1, 0.15) is 5.56 Å². The van der Waals surface area contributed by atoms with E-state index in [9.17, 15) is 4.79 Å². The van der Waals surface area contributed by atoms with E-state index in [2.05, 4.69) is 16.2 Å². The average molecular weight is 310 g/mol. The molecule has 0 bridgehead atoms. The van der Waals surface area contributed by atoms with Gasteiger partial charge in [-0.3, -0.25) is 10.9 Å². The molecule has 0 unspecified atom stereocenters. The topological polar surface area (TPSA) is 53.2 Å². The largest absolute Gasteiger partial charge is 0.337 e. The molecule has 2 amide bonds. The Bertz CT molecular complexity index is 632. The van der Waals surface area contributed by atoms with Crippen LogP contribution in [0.15, 0.2) is 42.5 Å². The second kappa shape index (κ2) is 6.50. The Labute approximate surface area is 127 Å². The van der Waals surface area contributed by atoms with Gasteiger partial charge in [0.2, 0.25) is 0 Å². The second-order valence-corrected chi connectivity index (χ2v) is 5.04.